The summed E-state index contributed by atoms with van der Waals surface area (Å²) in [5.41, 5.74) is 0.00416. The molecule has 0 amide bonds. The topological polar surface area (TPSA) is 75.1 Å². The second-order valence-corrected chi connectivity index (χ2v) is 5.55. The summed E-state index contributed by atoms with van der Waals surface area (Å²) in [4.78, 5) is 18.9. The summed E-state index contributed by atoms with van der Waals surface area (Å²) >= 11 is 1.91. The Kier molecular flexibility index (Phi) is 4.41. The highest BCUT2D eigenvalue weighted by molar-refractivity contribution is 7.99. The number of anilines is 1. The molecule has 0 atom stereocenters. The average molecular weight is 267 g/mol. The first kappa shape index (κ1) is 13.1. The molecule has 6 heteroatoms. The van der Waals surface area contributed by atoms with Crippen molar-refractivity contribution in [3.05, 3.63) is 18.1 Å². The monoisotopic (exact) mass is 267 g/mol. The largest absolute Gasteiger partial charge is 0.476 e. The molecule has 1 aromatic heterocycles. The fraction of sp³-hybridized carbons (Fsp3) is 0.583. The van der Waals surface area contributed by atoms with Gasteiger partial charge in [0.05, 0.1) is 0 Å². The lowest BCUT2D eigenvalue weighted by atomic mass is 9.95. The summed E-state index contributed by atoms with van der Waals surface area (Å²) in [5.74, 6) is -0.652. The van der Waals surface area contributed by atoms with Crippen LogP contribution >= 0.6 is 11.8 Å². The van der Waals surface area contributed by atoms with Gasteiger partial charge in [0.1, 0.15) is 0 Å². The molecular weight excluding hydrogens is 250 g/mol. The molecule has 98 valence electrons. The van der Waals surface area contributed by atoms with E-state index >= 15 is 0 Å². The molecule has 2 N–H and O–H groups in total. The van der Waals surface area contributed by atoms with Crippen molar-refractivity contribution >= 4 is 23.5 Å². The predicted molar refractivity (Wildman–Crippen MR) is 72.2 cm³/mol. The van der Waals surface area contributed by atoms with Crippen LogP contribution in [0.1, 0.15) is 36.2 Å². The fourth-order valence-electron chi connectivity index (χ4n) is 2.24. The van der Waals surface area contributed by atoms with E-state index in [1.54, 1.807) is 0 Å². The van der Waals surface area contributed by atoms with Crippen LogP contribution in [-0.4, -0.2) is 38.6 Å². The molecule has 18 heavy (non-hydrogen) atoms. The number of hydrogen-bond acceptors (Lipinski definition) is 5. The number of carbonyl (C=O) groups is 1. The van der Waals surface area contributed by atoms with Crippen LogP contribution < -0.4 is 5.32 Å². The molecule has 1 fully saturated rings. The maximum absolute atomic E-state index is 11.0. The molecule has 1 aliphatic carbocycles. The van der Waals surface area contributed by atoms with E-state index in [4.69, 9.17) is 5.11 Å². The van der Waals surface area contributed by atoms with Crippen molar-refractivity contribution in [2.45, 2.75) is 37.0 Å². The number of nitrogens with zero attached hydrogens (tertiary/aromatic N) is 2. The van der Waals surface area contributed by atoms with Gasteiger partial charge in [-0.2, -0.15) is 11.8 Å². The van der Waals surface area contributed by atoms with Gasteiger partial charge >= 0.3 is 5.97 Å². The molecule has 1 aliphatic rings. The Morgan fingerprint density at radius 2 is 2.00 bits per heavy atom. The summed E-state index contributed by atoms with van der Waals surface area (Å²) in [7, 11) is 0. The van der Waals surface area contributed by atoms with E-state index in [9.17, 15) is 4.79 Å². The van der Waals surface area contributed by atoms with Crippen molar-refractivity contribution in [3.63, 3.8) is 0 Å². The molecule has 0 saturated heterocycles. The minimum atomic E-state index is -1.04. The number of carboxylic acids is 1. The van der Waals surface area contributed by atoms with Crippen LogP contribution in [0.3, 0.4) is 0 Å². The van der Waals surface area contributed by atoms with Crippen LogP contribution in [0, 0.1) is 0 Å². The lowest BCUT2D eigenvalue weighted by molar-refractivity contribution is 0.0691. The second-order valence-electron chi connectivity index (χ2n) is 4.41. The summed E-state index contributed by atoms with van der Waals surface area (Å²) in [5, 5.41) is 13.0. The number of aromatic nitrogens is 2. The molecule has 1 aromatic rings. The number of carboxylic acid groups (broad SMARTS) is 1. The first-order chi connectivity index (χ1) is 8.70. The smallest absolute Gasteiger partial charge is 0.358 e. The fourth-order valence-corrected chi connectivity index (χ4v) is 2.98. The summed E-state index contributed by atoms with van der Waals surface area (Å²) in [6.07, 6.45) is 9.51. The average Bonchev–Trinajstić information content (AvgIpc) is 2.40. The number of thioether (sulfide) groups is 1. The number of nitrogens with one attached hydrogen (secondary N) is 1. The predicted octanol–water partition coefficient (Wildman–Crippen LogP) is 2.26. The van der Waals surface area contributed by atoms with Gasteiger partial charge in [0.25, 0.3) is 0 Å². The summed E-state index contributed by atoms with van der Waals surface area (Å²) < 4.78 is 0. The molecule has 0 aliphatic heterocycles. The molecule has 1 heterocycles. The Labute approximate surface area is 110 Å². The van der Waals surface area contributed by atoms with Gasteiger partial charge in [-0.25, -0.2) is 14.8 Å². The molecule has 0 aromatic carbocycles. The minimum absolute atomic E-state index is 0.00416. The molecule has 1 saturated carbocycles. The first-order valence-electron chi connectivity index (χ1n) is 6.04. The van der Waals surface area contributed by atoms with E-state index < -0.39 is 5.97 Å². The van der Waals surface area contributed by atoms with Crippen LogP contribution in [0.4, 0.5) is 5.82 Å². The van der Waals surface area contributed by atoms with Gasteiger partial charge in [0, 0.05) is 23.7 Å². The van der Waals surface area contributed by atoms with Crippen molar-refractivity contribution in [2.24, 2.45) is 0 Å². The van der Waals surface area contributed by atoms with Crippen LogP contribution in [0.25, 0.3) is 0 Å². The normalized spacial score (nSPS) is 23.6. The third-order valence-electron chi connectivity index (χ3n) is 3.25. The Balaban J connectivity index is 2.00. The number of hydrogen-bond donors (Lipinski definition) is 2. The van der Waals surface area contributed by atoms with Gasteiger partial charge in [-0.1, -0.05) is 0 Å². The molecule has 0 unspecified atom stereocenters. The van der Waals surface area contributed by atoms with E-state index in [0.717, 1.165) is 18.1 Å². The van der Waals surface area contributed by atoms with Gasteiger partial charge in [-0.3, -0.25) is 0 Å². The Morgan fingerprint density at radius 1 is 1.33 bits per heavy atom. The SMILES string of the molecule is CSC1CCC(Nc2nccnc2C(=O)O)CC1. The van der Waals surface area contributed by atoms with Crippen LogP contribution in [0.15, 0.2) is 12.4 Å². The summed E-state index contributed by atoms with van der Waals surface area (Å²) in [6.45, 7) is 0. The van der Waals surface area contributed by atoms with Crippen molar-refractivity contribution in [2.75, 3.05) is 11.6 Å². The first-order valence-corrected chi connectivity index (χ1v) is 7.33. The van der Waals surface area contributed by atoms with Gasteiger partial charge < -0.3 is 10.4 Å². The standard InChI is InChI=1S/C12H17N3O2S/c1-18-9-4-2-8(3-5-9)15-11-10(12(16)17)13-6-7-14-11/h6-9H,2-5H2,1H3,(H,14,15)(H,16,17). The highest BCUT2D eigenvalue weighted by Gasteiger charge is 2.22. The zero-order chi connectivity index (χ0) is 13.0. The Morgan fingerprint density at radius 3 is 2.61 bits per heavy atom. The quantitative estimate of drug-likeness (QED) is 0.871. The maximum Gasteiger partial charge on any atom is 0.358 e. The minimum Gasteiger partial charge on any atom is -0.476 e. The van der Waals surface area contributed by atoms with E-state index in [0.29, 0.717) is 11.9 Å². The van der Waals surface area contributed by atoms with Crippen LogP contribution in [0.5, 0.6) is 0 Å². The van der Waals surface area contributed by atoms with Gasteiger partial charge in [0.15, 0.2) is 11.5 Å². The Bertz CT molecular complexity index is 420. The van der Waals surface area contributed by atoms with Crippen molar-refractivity contribution in [1.29, 1.82) is 0 Å². The van der Waals surface area contributed by atoms with Gasteiger partial charge in [0.2, 0.25) is 0 Å². The summed E-state index contributed by atoms with van der Waals surface area (Å²) in [6, 6.07) is 0.309. The zero-order valence-corrected chi connectivity index (χ0v) is 11.1. The van der Waals surface area contributed by atoms with E-state index in [1.807, 2.05) is 11.8 Å². The van der Waals surface area contributed by atoms with Crippen LogP contribution in [-0.2, 0) is 0 Å². The Hall–Kier alpha value is -1.30. The highest BCUT2D eigenvalue weighted by atomic mass is 32.2. The second kappa shape index (κ2) is 6.04. The van der Waals surface area contributed by atoms with Crippen molar-refractivity contribution in [1.82, 2.24) is 9.97 Å². The molecule has 0 bridgehead atoms. The molecule has 0 radical (unpaired) electrons. The highest BCUT2D eigenvalue weighted by Crippen LogP contribution is 2.28. The molecule has 0 spiro atoms. The van der Waals surface area contributed by atoms with E-state index in [2.05, 4.69) is 21.5 Å². The zero-order valence-electron chi connectivity index (χ0n) is 10.3. The number of aromatic carboxylic acids is 1. The lowest BCUT2D eigenvalue weighted by Crippen LogP contribution is -2.28. The third kappa shape index (κ3) is 3.13. The van der Waals surface area contributed by atoms with Gasteiger partial charge in [-0.15, -0.1) is 0 Å². The van der Waals surface area contributed by atoms with Crippen molar-refractivity contribution < 1.29 is 9.90 Å². The molecular formula is C12H17N3O2S. The maximum atomic E-state index is 11.0. The van der Waals surface area contributed by atoms with E-state index in [1.165, 1.54) is 25.2 Å². The van der Waals surface area contributed by atoms with Crippen LogP contribution in [0.2, 0.25) is 0 Å². The molecule has 2 rings (SSSR count). The third-order valence-corrected chi connectivity index (χ3v) is 4.39. The van der Waals surface area contributed by atoms with E-state index in [-0.39, 0.29) is 5.69 Å². The number of rotatable bonds is 4. The molecule has 5 nitrogen and oxygen atoms in total. The lowest BCUT2D eigenvalue weighted by Gasteiger charge is -2.28. The van der Waals surface area contributed by atoms with Gasteiger partial charge in [-0.05, 0) is 31.9 Å². The van der Waals surface area contributed by atoms with Crippen molar-refractivity contribution in [3.8, 4) is 0 Å².